The van der Waals surface area contributed by atoms with Crippen molar-refractivity contribution in [1.82, 2.24) is 9.97 Å². The highest BCUT2D eigenvalue weighted by atomic mass is 35.5. The molecule has 66 valence electrons. The molecule has 0 aromatic carbocycles. The molecular formula is C6H2ClN3O2S. The normalized spacial score (nSPS) is 10.5. The monoisotopic (exact) mass is 215 g/mol. The summed E-state index contributed by atoms with van der Waals surface area (Å²) in [5.41, 5.74) is 0.277. The van der Waals surface area contributed by atoms with Crippen LogP contribution in [0.4, 0.5) is 5.69 Å². The molecule has 0 aliphatic heterocycles. The van der Waals surface area contributed by atoms with Crippen LogP contribution in [0.1, 0.15) is 0 Å². The lowest BCUT2D eigenvalue weighted by Crippen LogP contribution is -1.87. The van der Waals surface area contributed by atoms with Gasteiger partial charge in [0.15, 0.2) is 10.7 Å². The fraction of sp³-hybridized carbons (Fsp3) is 0. The lowest BCUT2D eigenvalue weighted by Gasteiger charge is -1.89. The average Bonchev–Trinajstić information content (AvgIpc) is 2.48. The van der Waals surface area contributed by atoms with Crippen LogP contribution < -0.4 is 0 Å². The predicted molar refractivity (Wildman–Crippen MR) is 49.1 cm³/mol. The summed E-state index contributed by atoms with van der Waals surface area (Å²) in [6, 6.07) is 0. The van der Waals surface area contributed by atoms with E-state index >= 15 is 0 Å². The Balaban J connectivity index is 2.83. The molecule has 2 aromatic rings. The van der Waals surface area contributed by atoms with Crippen molar-refractivity contribution >= 4 is 38.8 Å². The van der Waals surface area contributed by atoms with Crippen molar-refractivity contribution in [2.75, 3.05) is 0 Å². The van der Waals surface area contributed by atoms with Crippen LogP contribution in [-0.4, -0.2) is 14.9 Å². The maximum atomic E-state index is 10.5. The molecule has 0 bridgehead atoms. The Bertz CT molecular complexity index is 484. The maximum Gasteiger partial charge on any atom is 0.306 e. The second-order valence-corrected chi connectivity index (χ2v) is 3.46. The largest absolute Gasteiger partial charge is 0.306 e. The lowest BCUT2D eigenvalue weighted by molar-refractivity contribution is -0.382. The third-order valence-corrected chi connectivity index (χ3v) is 2.85. The zero-order chi connectivity index (χ0) is 9.42. The van der Waals surface area contributed by atoms with Crippen LogP contribution in [0.5, 0.6) is 0 Å². The number of hydrogen-bond donors (Lipinski definition) is 0. The van der Waals surface area contributed by atoms with Crippen molar-refractivity contribution in [2.45, 2.75) is 0 Å². The quantitative estimate of drug-likeness (QED) is 0.416. The van der Waals surface area contributed by atoms with E-state index in [0.29, 0.717) is 10.2 Å². The minimum Gasteiger partial charge on any atom is -0.258 e. The minimum atomic E-state index is -0.484. The van der Waals surface area contributed by atoms with Gasteiger partial charge < -0.3 is 0 Å². The molecule has 0 fully saturated rings. The van der Waals surface area contributed by atoms with Crippen LogP contribution in [0.2, 0.25) is 5.15 Å². The highest BCUT2D eigenvalue weighted by Crippen LogP contribution is 2.33. The molecule has 0 amide bonds. The van der Waals surface area contributed by atoms with Gasteiger partial charge in [-0.05, 0) is 0 Å². The zero-order valence-electron chi connectivity index (χ0n) is 6.10. The second-order valence-electron chi connectivity index (χ2n) is 2.22. The van der Waals surface area contributed by atoms with E-state index in [1.165, 1.54) is 23.0 Å². The number of hydrogen-bond acceptors (Lipinski definition) is 5. The van der Waals surface area contributed by atoms with E-state index in [2.05, 4.69) is 9.97 Å². The average molecular weight is 216 g/mol. The Morgan fingerprint density at radius 2 is 2.31 bits per heavy atom. The summed E-state index contributed by atoms with van der Waals surface area (Å²) < 4.78 is 0.552. The van der Waals surface area contributed by atoms with Gasteiger partial charge in [0.2, 0.25) is 0 Å². The fourth-order valence-corrected chi connectivity index (χ4v) is 2.05. The van der Waals surface area contributed by atoms with Crippen LogP contribution in [0, 0.1) is 10.1 Å². The molecule has 2 heterocycles. The molecule has 7 heteroatoms. The molecule has 2 aromatic heterocycles. The topological polar surface area (TPSA) is 68.9 Å². The molecule has 13 heavy (non-hydrogen) atoms. The number of halogens is 1. The van der Waals surface area contributed by atoms with Gasteiger partial charge in [-0.2, -0.15) is 0 Å². The van der Waals surface area contributed by atoms with Gasteiger partial charge in [0.1, 0.15) is 6.33 Å². The molecule has 0 unspecified atom stereocenters. The van der Waals surface area contributed by atoms with E-state index in [-0.39, 0.29) is 10.8 Å². The van der Waals surface area contributed by atoms with Gasteiger partial charge in [-0.1, -0.05) is 11.6 Å². The van der Waals surface area contributed by atoms with Crippen LogP contribution in [0.3, 0.4) is 0 Å². The van der Waals surface area contributed by atoms with Gasteiger partial charge in [0.25, 0.3) is 0 Å². The number of fused-ring (bicyclic) bond motifs is 1. The molecule has 0 N–H and O–H groups in total. The summed E-state index contributed by atoms with van der Waals surface area (Å²) in [6.07, 6.45) is 1.21. The Hall–Kier alpha value is -1.27. The first kappa shape index (κ1) is 8.33. The number of rotatable bonds is 1. The highest BCUT2D eigenvalue weighted by molar-refractivity contribution is 7.18. The Kier molecular flexibility index (Phi) is 1.86. The first-order valence-corrected chi connectivity index (χ1v) is 4.48. The lowest BCUT2D eigenvalue weighted by atomic mass is 10.4. The molecule has 0 aliphatic carbocycles. The highest BCUT2D eigenvalue weighted by Gasteiger charge is 2.17. The van der Waals surface area contributed by atoms with E-state index < -0.39 is 4.92 Å². The summed E-state index contributed by atoms with van der Waals surface area (Å²) >= 11 is 6.88. The van der Waals surface area contributed by atoms with E-state index in [9.17, 15) is 10.1 Å². The molecule has 0 saturated carbocycles. The zero-order valence-corrected chi connectivity index (χ0v) is 7.67. The summed E-state index contributed by atoms with van der Waals surface area (Å²) in [4.78, 5) is 17.5. The molecule has 0 atom stereocenters. The van der Waals surface area contributed by atoms with Crippen molar-refractivity contribution < 1.29 is 4.92 Å². The first-order chi connectivity index (χ1) is 6.20. The third kappa shape index (κ3) is 1.24. The third-order valence-electron chi connectivity index (χ3n) is 1.49. The number of aromatic nitrogens is 2. The standard InChI is InChI=1S/C6H2ClN3O2S/c7-6-5-4(8-2-9-6)3(1-13-5)10(11)12/h1-2H. The smallest absolute Gasteiger partial charge is 0.258 e. The second kappa shape index (κ2) is 2.90. The van der Waals surface area contributed by atoms with Crippen molar-refractivity contribution in [3.8, 4) is 0 Å². The number of nitro groups is 1. The molecule has 5 nitrogen and oxygen atoms in total. The Labute approximate surface area is 81.1 Å². The van der Waals surface area contributed by atoms with Crippen LogP contribution in [0.15, 0.2) is 11.7 Å². The summed E-state index contributed by atoms with van der Waals surface area (Å²) in [5.74, 6) is 0. The van der Waals surface area contributed by atoms with Gasteiger partial charge >= 0.3 is 5.69 Å². The molecule has 0 aliphatic rings. The Morgan fingerprint density at radius 3 is 3.00 bits per heavy atom. The van der Waals surface area contributed by atoms with E-state index in [0.717, 1.165) is 0 Å². The van der Waals surface area contributed by atoms with Crippen molar-refractivity contribution in [3.63, 3.8) is 0 Å². The van der Waals surface area contributed by atoms with E-state index in [1.807, 2.05) is 0 Å². The number of thiophene rings is 1. The van der Waals surface area contributed by atoms with E-state index in [4.69, 9.17) is 11.6 Å². The molecular weight excluding hydrogens is 214 g/mol. The number of nitrogens with zero attached hydrogens (tertiary/aromatic N) is 3. The van der Waals surface area contributed by atoms with Gasteiger partial charge in [0, 0.05) is 0 Å². The van der Waals surface area contributed by atoms with Crippen LogP contribution in [0.25, 0.3) is 10.2 Å². The summed E-state index contributed by atoms with van der Waals surface area (Å²) in [6.45, 7) is 0. The van der Waals surface area contributed by atoms with Crippen molar-refractivity contribution in [2.24, 2.45) is 0 Å². The molecule has 0 spiro atoms. The van der Waals surface area contributed by atoms with Crippen LogP contribution >= 0.6 is 22.9 Å². The van der Waals surface area contributed by atoms with Gasteiger partial charge in [0.05, 0.1) is 15.0 Å². The van der Waals surface area contributed by atoms with Crippen molar-refractivity contribution in [1.29, 1.82) is 0 Å². The first-order valence-electron chi connectivity index (χ1n) is 3.22. The van der Waals surface area contributed by atoms with Gasteiger partial charge in [-0.25, -0.2) is 9.97 Å². The molecule has 0 radical (unpaired) electrons. The van der Waals surface area contributed by atoms with Gasteiger partial charge in [-0.15, -0.1) is 11.3 Å². The van der Waals surface area contributed by atoms with Crippen molar-refractivity contribution in [3.05, 3.63) is 27.0 Å². The molecule has 0 saturated heterocycles. The summed E-state index contributed by atoms with van der Waals surface area (Å²) in [5, 5.41) is 12.2. The fourth-order valence-electron chi connectivity index (χ4n) is 0.939. The minimum absolute atomic E-state index is 0.0238. The van der Waals surface area contributed by atoms with Gasteiger partial charge in [-0.3, -0.25) is 10.1 Å². The summed E-state index contributed by atoms with van der Waals surface area (Å²) in [7, 11) is 0. The Morgan fingerprint density at radius 1 is 1.54 bits per heavy atom. The SMILES string of the molecule is O=[N+]([O-])c1csc2c(Cl)ncnc12. The van der Waals surface area contributed by atoms with Crippen LogP contribution in [-0.2, 0) is 0 Å². The van der Waals surface area contributed by atoms with E-state index in [1.54, 1.807) is 0 Å². The predicted octanol–water partition coefficient (Wildman–Crippen LogP) is 2.25. The molecule has 2 rings (SSSR count). The maximum absolute atomic E-state index is 10.5.